The van der Waals surface area contributed by atoms with Crippen LogP contribution in [0, 0.1) is 25.2 Å². The number of rotatable bonds is 11. The van der Waals surface area contributed by atoms with Crippen molar-refractivity contribution in [3.8, 4) is 6.07 Å². The highest BCUT2D eigenvalue weighted by molar-refractivity contribution is 7.90. The number of nitrogens with one attached hydrogen (secondary N) is 1. The van der Waals surface area contributed by atoms with Gasteiger partial charge in [0.05, 0.1) is 40.1 Å². The molecular weight excluding hydrogens is 905 g/mol. The van der Waals surface area contributed by atoms with Crippen LogP contribution in [0.1, 0.15) is 58.2 Å². The molecule has 0 spiro atoms. The van der Waals surface area contributed by atoms with Gasteiger partial charge in [0.15, 0.2) is 0 Å². The molecule has 5 aromatic carbocycles. The molecule has 68 heavy (non-hydrogen) atoms. The van der Waals surface area contributed by atoms with Crippen LogP contribution in [0.25, 0.3) is 38.8 Å². The summed E-state index contributed by atoms with van der Waals surface area (Å²) in [6, 6.07) is 36.5. The van der Waals surface area contributed by atoms with Crippen LogP contribution in [0.5, 0.6) is 0 Å². The molecule has 350 valence electrons. The summed E-state index contributed by atoms with van der Waals surface area (Å²) in [6.45, 7) is 12.7. The molecule has 8 aromatic rings. The lowest BCUT2D eigenvalue weighted by Crippen LogP contribution is -2.11. The van der Waals surface area contributed by atoms with Gasteiger partial charge in [-0.2, -0.15) is 5.26 Å². The van der Waals surface area contributed by atoms with E-state index in [2.05, 4.69) is 16.3 Å². The maximum absolute atomic E-state index is 13.0. The van der Waals surface area contributed by atoms with Gasteiger partial charge in [0, 0.05) is 65.1 Å². The highest BCUT2D eigenvalue weighted by Crippen LogP contribution is 2.25. The lowest BCUT2D eigenvalue weighted by molar-refractivity contribution is -0.138. The van der Waals surface area contributed by atoms with Gasteiger partial charge in [0.1, 0.15) is 12.6 Å². The first-order valence-electron chi connectivity index (χ1n) is 20.9. The number of aldehydes is 2. The molecule has 0 aliphatic carbocycles. The van der Waals surface area contributed by atoms with Crippen LogP contribution >= 0.6 is 0 Å². The topological polar surface area (TPSA) is 204 Å². The third kappa shape index (κ3) is 13.9. The maximum Gasteiger partial charge on any atom is 0.330 e. The van der Waals surface area contributed by atoms with Crippen LogP contribution in [0.4, 0.5) is 0 Å². The lowest BCUT2D eigenvalue weighted by Gasteiger charge is -2.08. The molecule has 16 heteroatoms. The Labute approximate surface area is 395 Å². The summed E-state index contributed by atoms with van der Waals surface area (Å²) < 4.78 is 63.1. The smallest absolute Gasteiger partial charge is 0.330 e. The highest BCUT2D eigenvalue weighted by atomic mass is 32.2. The van der Waals surface area contributed by atoms with Gasteiger partial charge in [-0.3, -0.25) is 9.59 Å². The largest absolute Gasteiger partial charge is 0.463 e. The Bertz CT molecular complexity index is 3320. The van der Waals surface area contributed by atoms with Crippen LogP contribution in [0.3, 0.4) is 0 Å². The Kier molecular flexibility index (Phi) is 19.3. The molecule has 14 nitrogen and oxygen atoms in total. The van der Waals surface area contributed by atoms with Gasteiger partial charge < -0.3 is 14.5 Å². The first kappa shape index (κ1) is 52.5. The van der Waals surface area contributed by atoms with E-state index in [1.54, 1.807) is 117 Å². The molecule has 0 radical (unpaired) electrons. The highest BCUT2D eigenvalue weighted by Gasteiger charge is 2.20. The van der Waals surface area contributed by atoms with Crippen molar-refractivity contribution >= 4 is 83.3 Å². The fourth-order valence-corrected chi connectivity index (χ4v) is 8.87. The molecule has 1 N–H and O–H groups in total. The average molecular weight is 955 g/mol. The molecule has 0 saturated heterocycles. The first-order chi connectivity index (χ1) is 32.6. The van der Waals surface area contributed by atoms with E-state index in [1.807, 2.05) is 56.4 Å². The molecule has 0 bridgehead atoms. The number of hydrogen-bond donors (Lipinski definition) is 1. The Morgan fingerprint density at radius 1 is 0.632 bits per heavy atom. The molecule has 0 unspecified atom stereocenters. The van der Waals surface area contributed by atoms with Gasteiger partial charge in [-0.25, -0.2) is 34.4 Å². The molecule has 3 aromatic heterocycles. The fourth-order valence-electron chi connectivity index (χ4n) is 6.18. The van der Waals surface area contributed by atoms with E-state index in [1.165, 1.54) is 27.1 Å². The van der Waals surface area contributed by atoms with Gasteiger partial charge in [-0.05, 0) is 105 Å². The van der Waals surface area contributed by atoms with Gasteiger partial charge in [-0.15, -0.1) is 0 Å². The summed E-state index contributed by atoms with van der Waals surface area (Å²) in [5, 5.41) is 10.0. The molecule has 3 heterocycles. The van der Waals surface area contributed by atoms with Crippen LogP contribution in [-0.4, -0.2) is 67.5 Å². The van der Waals surface area contributed by atoms with E-state index < -0.39 is 26.0 Å². The number of ether oxygens (including phenoxy) is 2. The van der Waals surface area contributed by atoms with Crippen molar-refractivity contribution in [2.45, 2.75) is 44.4 Å². The number of aromatic amines is 1. The summed E-state index contributed by atoms with van der Waals surface area (Å²) >= 11 is 0. The number of H-pyrrole nitrogens is 1. The average Bonchev–Trinajstić information content (AvgIpc) is 4.11. The number of carbonyl (C=O) groups excluding carboxylic acids is 4. The third-order valence-corrected chi connectivity index (χ3v) is 12.9. The molecule has 0 aliphatic heterocycles. The normalized spacial score (nSPS) is 10.7. The molecule has 8 rings (SSSR count). The quantitative estimate of drug-likeness (QED) is 0.0734. The standard InChI is InChI=1S/C20H19NO4S.C16H13NO3S.C9H7NO.C5H8O2.C2H3N/c1-3-25-20(22)11-7-16-6-8-17-12-13-21(19(17)14-16)26(23,24)18-9-4-15(2)5-10-18;1-12-2-6-15(7-3-12)21(19,20)17-9-8-14-5-4-13(11-18)10-16(14)17;11-6-7-1-2-8-3-4-10-9(8)5-7;1-3-5(6)7-4-2;1-2-3/h4-14H,3H2,1-2H3;2-11H,1H3;1-6,10H;3H,1,4H2,2H3;1H3/b11-7+;;;;. The van der Waals surface area contributed by atoms with Crippen molar-refractivity contribution in [2.75, 3.05) is 13.2 Å². The zero-order chi connectivity index (χ0) is 49.9. The van der Waals surface area contributed by atoms with Crippen molar-refractivity contribution in [3.05, 3.63) is 186 Å². The molecular formula is C52H50N4O10S2. The van der Waals surface area contributed by atoms with E-state index in [0.717, 1.165) is 45.2 Å². The number of esters is 2. The molecule has 0 aliphatic rings. The second kappa shape index (κ2) is 25.0. The van der Waals surface area contributed by atoms with E-state index in [0.29, 0.717) is 47.2 Å². The van der Waals surface area contributed by atoms with Gasteiger partial charge >= 0.3 is 11.9 Å². The number of aryl methyl sites for hydroxylation is 2. The van der Waals surface area contributed by atoms with Gasteiger partial charge in [0.2, 0.25) is 0 Å². The minimum Gasteiger partial charge on any atom is -0.463 e. The number of nitrogens with zero attached hydrogens (tertiary/aromatic N) is 3. The summed E-state index contributed by atoms with van der Waals surface area (Å²) in [6.07, 6.45) is 10.5. The number of hydrogen-bond acceptors (Lipinski definition) is 11. The Morgan fingerprint density at radius 3 is 1.50 bits per heavy atom. The van der Waals surface area contributed by atoms with Gasteiger partial charge in [-0.1, -0.05) is 78.4 Å². The maximum atomic E-state index is 13.0. The van der Waals surface area contributed by atoms with Crippen LogP contribution in [0.15, 0.2) is 168 Å². The van der Waals surface area contributed by atoms with E-state index in [-0.39, 0.29) is 15.8 Å². The Balaban J connectivity index is 0.000000212. The number of carbonyl (C=O) groups is 4. The van der Waals surface area contributed by atoms with Crippen LogP contribution in [0.2, 0.25) is 0 Å². The number of nitriles is 1. The summed E-state index contributed by atoms with van der Waals surface area (Å²) in [4.78, 5) is 46.3. The van der Waals surface area contributed by atoms with E-state index in [9.17, 15) is 36.0 Å². The molecule has 0 fully saturated rings. The first-order valence-corrected chi connectivity index (χ1v) is 23.7. The molecule has 0 atom stereocenters. The zero-order valence-corrected chi connectivity index (χ0v) is 39.7. The third-order valence-electron chi connectivity index (χ3n) is 9.52. The minimum atomic E-state index is -3.69. The van der Waals surface area contributed by atoms with E-state index in [4.69, 9.17) is 10.00 Å². The van der Waals surface area contributed by atoms with Crippen molar-refractivity contribution in [1.29, 1.82) is 5.26 Å². The Morgan fingerprint density at radius 2 is 1.06 bits per heavy atom. The van der Waals surface area contributed by atoms with Crippen molar-refractivity contribution in [3.63, 3.8) is 0 Å². The Hall–Kier alpha value is -8.13. The van der Waals surface area contributed by atoms with Crippen molar-refractivity contribution in [1.82, 2.24) is 12.9 Å². The fraction of sp³-hybridized carbons (Fsp3) is 0.135. The number of fused-ring (bicyclic) bond motifs is 3. The van der Waals surface area contributed by atoms with Crippen molar-refractivity contribution in [2.24, 2.45) is 0 Å². The van der Waals surface area contributed by atoms with Crippen LogP contribution < -0.4 is 0 Å². The summed E-state index contributed by atoms with van der Waals surface area (Å²) in [7, 11) is -7.36. The molecule has 0 saturated carbocycles. The SMILES string of the molecule is C=CC(=O)OCC.CC#N.CCOC(=O)/C=C/c1ccc2ccn(S(=O)(=O)c3ccc(C)cc3)c2c1.Cc1ccc(S(=O)(=O)n2ccc3ccc(C=O)cc32)cc1.O=Cc1ccc2cc[nH]c2c1. The second-order valence-electron chi connectivity index (χ2n) is 14.3. The predicted octanol–water partition coefficient (Wildman–Crippen LogP) is 10.0. The number of aromatic nitrogens is 3. The van der Waals surface area contributed by atoms with Crippen LogP contribution in [-0.2, 0) is 39.1 Å². The summed E-state index contributed by atoms with van der Waals surface area (Å²) in [5.74, 6) is -0.794. The second-order valence-corrected chi connectivity index (χ2v) is 18.0. The van der Waals surface area contributed by atoms with E-state index >= 15 is 0 Å². The van der Waals surface area contributed by atoms with Gasteiger partial charge in [0.25, 0.3) is 20.0 Å². The lowest BCUT2D eigenvalue weighted by atomic mass is 10.1. The monoisotopic (exact) mass is 954 g/mol. The number of benzene rings is 5. The zero-order valence-electron chi connectivity index (χ0n) is 38.0. The predicted molar refractivity (Wildman–Crippen MR) is 264 cm³/mol. The molecule has 0 amide bonds. The summed E-state index contributed by atoms with van der Waals surface area (Å²) in [5.41, 5.74) is 5.92. The van der Waals surface area contributed by atoms with Crippen molar-refractivity contribution < 1.29 is 45.5 Å². The minimum absolute atomic E-state index is 0.224.